The number of allylic oxidation sites excluding steroid dienone is 1. The molecule has 1 aliphatic heterocycles. The summed E-state index contributed by atoms with van der Waals surface area (Å²) in [7, 11) is 1.60. The number of carbonyl (C=O) groups excluding carboxylic acids is 1. The second kappa shape index (κ2) is 12.7. The number of rotatable bonds is 8. The van der Waals surface area contributed by atoms with Gasteiger partial charge in [-0.2, -0.15) is 0 Å². The summed E-state index contributed by atoms with van der Waals surface area (Å²) in [6.07, 6.45) is 1.83. The van der Waals surface area contributed by atoms with Gasteiger partial charge in [-0.05, 0) is 85.2 Å². The average Bonchev–Trinajstić information content (AvgIpc) is 3.26. The van der Waals surface area contributed by atoms with Gasteiger partial charge in [-0.15, -0.1) is 0 Å². The molecular weight excluding hydrogens is 663 g/mol. The van der Waals surface area contributed by atoms with Crippen LogP contribution in [0.3, 0.4) is 0 Å². The third kappa shape index (κ3) is 6.07. The van der Waals surface area contributed by atoms with Gasteiger partial charge in [-0.1, -0.05) is 71.0 Å². The smallest absolute Gasteiger partial charge is 0.338 e. The van der Waals surface area contributed by atoms with E-state index in [2.05, 4.69) is 46.6 Å². The van der Waals surface area contributed by atoms with Crippen molar-refractivity contribution in [1.29, 1.82) is 0 Å². The highest BCUT2D eigenvalue weighted by Crippen LogP contribution is 2.35. The summed E-state index contributed by atoms with van der Waals surface area (Å²) in [5.41, 5.74) is 5.60. The number of halogens is 1. The molecule has 4 aromatic rings. The van der Waals surface area contributed by atoms with Crippen LogP contribution in [0.1, 0.15) is 47.7 Å². The van der Waals surface area contributed by atoms with Crippen molar-refractivity contribution in [3.05, 3.63) is 123 Å². The molecule has 9 heteroatoms. The van der Waals surface area contributed by atoms with E-state index < -0.39 is 12.0 Å². The molecule has 0 unspecified atom stereocenters. The fourth-order valence-corrected chi connectivity index (χ4v) is 6.76. The van der Waals surface area contributed by atoms with Gasteiger partial charge < -0.3 is 14.2 Å². The molecule has 0 N–H and O–H groups in total. The number of ether oxygens (including phenoxy) is 3. The lowest BCUT2D eigenvalue weighted by Crippen LogP contribution is -2.39. The fourth-order valence-electron chi connectivity index (χ4n) is 4.93. The molecular formula is C33H31IN2O5S. The van der Waals surface area contributed by atoms with Crippen LogP contribution in [0.15, 0.2) is 81.7 Å². The van der Waals surface area contributed by atoms with Crippen LogP contribution in [0, 0.1) is 17.4 Å². The van der Waals surface area contributed by atoms with Gasteiger partial charge in [0.2, 0.25) is 0 Å². The second-order valence-electron chi connectivity index (χ2n) is 10.0. The fraction of sp³-hybridized carbons (Fsp3) is 0.242. The Bertz CT molecular complexity index is 1870. The predicted octanol–water partition coefficient (Wildman–Crippen LogP) is 5.61. The zero-order valence-corrected chi connectivity index (χ0v) is 27.0. The zero-order chi connectivity index (χ0) is 30.0. The molecule has 1 aromatic heterocycles. The summed E-state index contributed by atoms with van der Waals surface area (Å²) in [4.78, 5) is 32.2. The van der Waals surface area contributed by atoms with Crippen LogP contribution in [-0.2, 0) is 16.1 Å². The minimum absolute atomic E-state index is 0.228. The summed E-state index contributed by atoms with van der Waals surface area (Å²) in [5.74, 6) is 0.748. The normalized spacial score (nSPS) is 14.8. The number of fused-ring (bicyclic) bond motifs is 1. The maximum Gasteiger partial charge on any atom is 0.338 e. The Hall–Kier alpha value is -3.70. The maximum absolute atomic E-state index is 13.9. The maximum atomic E-state index is 13.9. The van der Waals surface area contributed by atoms with Crippen LogP contribution in [0.4, 0.5) is 0 Å². The van der Waals surface area contributed by atoms with Crippen molar-refractivity contribution >= 4 is 46.0 Å². The molecule has 0 saturated carbocycles. The molecule has 0 fully saturated rings. The van der Waals surface area contributed by atoms with Crippen molar-refractivity contribution in [3.8, 4) is 11.5 Å². The Morgan fingerprint density at radius 2 is 1.83 bits per heavy atom. The van der Waals surface area contributed by atoms with Crippen molar-refractivity contribution in [2.24, 2.45) is 4.99 Å². The van der Waals surface area contributed by atoms with Crippen LogP contribution in [0.5, 0.6) is 11.5 Å². The number of aromatic nitrogens is 1. The van der Waals surface area contributed by atoms with Crippen molar-refractivity contribution < 1.29 is 19.0 Å². The SMILES string of the molecule is CCOC(=O)C1=C(C)N=c2s/c(=C/c3cc(I)c(OCc4cccc(C)c4)c(OC)c3)c(=O)n2[C@@H]1c1ccc(C)cc1. The van der Waals surface area contributed by atoms with Gasteiger partial charge in [0.25, 0.3) is 5.56 Å². The van der Waals surface area contributed by atoms with E-state index in [0.29, 0.717) is 38.7 Å². The number of benzene rings is 3. The number of methoxy groups -OCH3 is 1. The average molecular weight is 695 g/mol. The van der Waals surface area contributed by atoms with E-state index in [1.807, 2.05) is 61.5 Å². The second-order valence-corrected chi connectivity index (χ2v) is 12.2. The first kappa shape index (κ1) is 29.8. The molecule has 0 amide bonds. The highest BCUT2D eigenvalue weighted by molar-refractivity contribution is 14.1. The number of hydrogen-bond acceptors (Lipinski definition) is 7. The molecule has 0 saturated heterocycles. The first-order valence-corrected chi connectivity index (χ1v) is 15.4. The number of esters is 1. The van der Waals surface area contributed by atoms with E-state index in [9.17, 15) is 9.59 Å². The molecule has 1 atom stereocenters. The highest BCUT2D eigenvalue weighted by atomic mass is 127. The Morgan fingerprint density at radius 1 is 1.07 bits per heavy atom. The molecule has 0 bridgehead atoms. The van der Waals surface area contributed by atoms with E-state index in [1.54, 1.807) is 25.5 Å². The summed E-state index contributed by atoms with van der Waals surface area (Å²) in [6.45, 7) is 8.23. The lowest BCUT2D eigenvalue weighted by atomic mass is 9.95. The number of nitrogens with zero attached hydrogens (tertiary/aromatic N) is 2. The van der Waals surface area contributed by atoms with Gasteiger partial charge in [0.15, 0.2) is 16.3 Å². The first-order chi connectivity index (χ1) is 20.2. The van der Waals surface area contributed by atoms with Gasteiger partial charge in [0.1, 0.15) is 6.61 Å². The summed E-state index contributed by atoms with van der Waals surface area (Å²) < 4.78 is 20.2. The minimum atomic E-state index is -0.643. The monoisotopic (exact) mass is 694 g/mol. The molecule has 3 aromatic carbocycles. The van der Waals surface area contributed by atoms with E-state index in [0.717, 1.165) is 25.8 Å². The van der Waals surface area contributed by atoms with Gasteiger partial charge in [-0.25, -0.2) is 9.79 Å². The van der Waals surface area contributed by atoms with E-state index >= 15 is 0 Å². The van der Waals surface area contributed by atoms with E-state index in [1.165, 1.54) is 16.9 Å². The van der Waals surface area contributed by atoms with Gasteiger partial charge in [0, 0.05) is 0 Å². The third-order valence-corrected chi connectivity index (χ3v) is 8.71. The molecule has 7 nitrogen and oxygen atoms in total. The van der Waals surface area contributed by atoms with E-state index in [4.69, 9.17) is 14.2 Å². The summed E-state index contributed by atoms with van der Waals surface area (Å²) >= 11 is 3.51. The number of aryl methyl sites for hydroxylation is 2. The van der Waals surface area contributed by atoms with Crippen molar-refractivity contribution in [2.45, 2.75) is 40.3 Å². The Kier molecular flexibility index (Phi) is 8.98. The lowest BCUT2D eigenvalue weighted by molar-refractivity contribution is -0.139. The Morgan fingerprint density at radius 3 is 2.52 bits per heavy atom. The Labute approximate surface area is 261 Å². The first-order valence-electron chi connectivity index (χ1n) is 13.5. The molecule has 216 valence electrons. The van der Waals surface area contributed by atoms with Crippen LogP contribution in [-0.4, -0.2) is 24.3 Å². The zero-order valence-electron chi connectivity index (χ0n) is 24.1. The van der Waals surface area contributed by atoms with Gasteiger partial charge in [-0.3, -0.25) is 9.36 Å². The molecule has 0 aliphatic carbocycles. The quantitative estimate of drug-likeness (QED) is 0.177. The molecule has 2 heterocycles. The number of thiazole rings is 1. The van der Waals surface area contributed by atoms with Crippen LogP contribution in [0.2, 0.25) is 0 Å². The Balaban J connectivity index is 1.57. The van der Waals surface area contributed by atoms with Crippen LogP contribution in [0.25, 0.3) is 6.08 Å². The topological polar surface area (TPSA) is 79.1 Å². The molecule has 1 aliphatic rings. The molecule has 0 spiro atoms. The van der Waals surface area contributed by atoms with Gasteiger partial charge in [0.05, 0.1) is 39.1 Å². The van der Waals surface area contributed by atoms with Gasteiger partial charge >= 0.3 is 5.97 Å². The standard InChI is InChI=1S/C33H31IN2O5S/c1-6-40-32(38)28-21(4)35-33-36(29(28)24-12-10-19(2)11-13-24)31(37)27(42-33)17-23-15-25(34)30(26(16-23)39-5)41-18-22-9-7-8-20(3)14-22/h7-17,29H,6,18H2,1-5H3/b27-17+/t29-/m1/s1. The predicted molar refractivity (Wildman–Crippen MR) is 173 cm³/mol. The molecule has 5 rings (SSSR count). The number of hydrogen-bond donors (Lipinski definition) is 0. The summed E-state index contributed by atoms with van der Waals surface area (Å²) in [5, 5.41) is 0. The number of carbonyl (C=O) groups is 1. The molecule has 0 radical (unpaired) electrons. The molecule has 42 heavy (non-hydrogen) atoms. The summed E-state index contributed by atoms with van der Waals surface area (Å²) in [6, 6.07) is 19.2. The third-order valence-electron chi connectivity index (χ3n) is 6.93. The lowest BCUT2D eigenvalue weighted by Gasteiger charge is -2.24. The highest BCUT2D eigenvalue weighted by Gasteiger charge is 2.33. The minimum Gasteiger partial charge on any atom is -0.493 e. The van der Waals surface area contributed by atoms with Crippen LogP contribution >= 0.6 is 33.9 Å². The van der Waals surface area contributed by atoms with Crippen LogP contribution < -0.4 is 24.4 Å². The van der Waals surface area contributed by atoms with E-state index in [-0.39, 0.29) is 12.2 Å². The van der Waals surface area contributed by atoms with Crippen molar-refractivity contribution in [1.82, 2.24) is 4.57 Å². The van der Waals surface area contributed by atoms with Crippen molar-refractivity contribution in [3.63, 3.8) is 0 Å². The largest absolute Gasteiger partial charge is 0.493 e. The van der Waals surface area contributed by atoms with Crippen molar-refractivity contribution in [2.75, 3.05) is 13.7 Å².